The molecule has 10 rings (SSSR count). The topological polar surface area (TPSA) is 79.1 Å². The van der Waals surface area contributed by atoms with Gasteiger partial charge in [0.25, 0.3) is 0 Å². The van der Waals surface area contributed by atoms with Gasteiger partial charge in [-0.3, -0.25) is 0 Å². The minimum atomic E-state index is -1.51. The molecule has 5 nitrogen and oxygen atoms in total. The molecule has 1 aliphatic carbocycles. The first kappa shape index (κ1) is 35.2. The molecule has 0 radical (unpaired) electrons. The molecule has 9 aromatic rings. The Morgan fingerprint density at radius 3 is 1.22 bits per heavy atom. The lowest BCUT2D eigenvalue weighted by molar-refractivity contribution is 0.426. The van der Waals surface area contributed by atoms with Crippen molar-refractivity contribution in [3.05, 3.63) is 229 Å². The van der Waals surface area contributed by atoms with E-state index in [1.165, 1.54) is 33.4 Å². The number of benzene rings is 8. The Labute approximate surface area is 337 Å². The van der Waals surface area contributed by atoms with Gasteiger partial charge in [-0.25, -0.2) is 15.0 Å². The van der Waals surface area contributed by atoms with Gasteiger partial charge in [-0.05, 0) is 67.2 Å². The average molecular weight is 746 g/mol. The molecule has 1 aromatic heterocycles. The van der Waals surface area contributed by atoms with Crippen molar-refractivity contribution in [2.75, 3.05) is 0 Å². The Morgan fingerprint density at radius 2 is 0.707 bits per heavy atom. The van der Waals surface area contributed by atoms with E-state index in [-0.39, 0.29) is 0 Å². The van der Waals surface area contributed by atoms with Crippen molar-refractivity contribution in [3.8, 4) is 67.5 Å². The van der Waals surface area contributed by atoms with Crippen molar-refractivity contribution in [1.29, 1.82) is 0 Å². The fourth-order valence-electron chi connectivity index (χ4n) is 8.45. The Hall–Kier alpha value is -7.25. The van der Waals surface area contributed by atoms with Crippen molar-refractivity contribution in [3.63, 3.8) is 0 Å². The lowest BCUT2D eigenvalue weighted by Crippen LogP contribution is -2.29. The summed E-state index contributed by atoms with van der Waals surface area (Å²) in [6, 6.07) is 71.1. The van der Waals surface area contributed by atoms with Gasteiger partial charge < -0.3 is 10.0 Å². The second-order valence-electron chi connectivity index (χ2n) is 14.6. The molecule has 58 heavy (non-hydrogen) atoms. The highest BCUT2D eigenvalue weighted by atomic mass is 16.4. The third-order valence-corrected chi connectivity index (χ3v) is 11.3. The van der Waals surface area contributed by atoms with Crippen LogP contribution >= 0.6 is 0 Å². The molecule has 0 saturated carbocycles. The second kappa shape index (κ2) is 14.7. The minimum Gasteiger partial charge on any atom is -0.423 e. The first-order valence-electron chi connectivity index (χ1n) is 19.4. The van der Waals surface area contributed by atoms with Crippen molar-refractivity contribution in [1.82, 2.24) is 15.0 Å². The summed E-state index contributed by atoms with van der Waals surface area (Å²) in [6.45, 7) is 0. The van der Waals surface area contributed by atoms with Crippen LogP contribution in [0.1, 0.15) is 22.3 Å². The predicted octanol–water partition coefficient (Wildman–Crippen LogP) is 10.2. The molecular formula is C52H36BN3O2. The van der Waals surface area contributed by atoms with E-state index in [2.05, 4.69) is 140 Å². The Morgan fingerprint density at radius 1 is 0.328 bits per heavy atom. The summed E-state index contributed by atoms with van der Waals surface area (Å²) in [5.74, 6) is 1.74. The maximum absolute atomic E-state index is 9.58. The molecular weight excluding hydrogens is 709 g/mol. The quantitative estimate of drug-likeness (QED) is 0.152. The van der Waals surface area contributed by atoms with Crippen LogP contribution in [0, 0.1) is 0 Å². The van der Waals surface area contributed by atoms with Crippen molar-refractivity contribution < 1.29 is 10.0 Å². The molecule has 0 aliphatic heterocycles. The van der Waals surface area contributed by atoms with Crippen LogP contribution in [-0.4, -0.2) is 32.1 Å². The van der Waals surface area contributed by atoms with Crippen LogP contribution in [0.25, 0.3) is 67.5 Å². The highest BCUT2D eigenvalue weighted by Gasteiger charge is 2.46. The molecule has 1 aliphatic rings. The lowest BCUT2D eigenvalue weighted by Gasteiger charge is -2.34. The van der Waals surface area contributed by atoms with E-state index in [1.807, 2.05) is 54.6 Å². The van der Waals surface area contributed by atoms with Crippen LogP contribution in [0.4, 0.5) is 0 Å². The van der Waals surface area contributed by atoms with Crippen LogP contribution in [-0.2, 0) is 5.41 Å². The summed E-state index contributed by atoms with van der Waals surface area (Å²) in [5.41, 5.74) is 14.0. The van der Waals surface area contributed by atoms with Gasteiger partial charge >= 0.3 is 7.12 Å². The fourth-order valence-corrected chi connectivity index (χ4v) is 8.45. The summed E-state index contributed by atoms with van der Waals surface area (Å²) >= 11 is 0. The third-order valence-electron chi connectivity index (χ3n) is 11.3. The molecule has 0 fully saturated rings. The van der Waals surface area contributed by atoms with E-state index in [1.54, 1.807) is 12.1 Å². The summed E-state index contributed by atoms with van der Waals surface area (Å²) < 4.78 is 0. The van der Waals surface area contributed by atoms with E-state index in [0.29, 0.717) is 22.9 Å². The zero-order valence-corrected chi connectivity index (χ0v) is 31.4. The average Bonchev–Trinajstić information content (AvgIpc) is 3.60. The van der Waals surface area contributed by atoms with Crippen molar-refractivity contribution in [2.24, 2.45) is 0 Å². The Bertz CT molecular complexity index is 2840. The number of nitrogens with zero attached hydrogens (tertiary/aromatic N) is 3. The molecule has 8 aromatic carbocycles. The van der Waals surface area contributed by atoms with Crippen LogP contribution in [0.2, 0.25) is 0 Å². The number of aromatic nitrogens is 3. The summed E-state index contributed by atoms with van der Waals surface area (Å²) in [7, 11) is -1.51. The van der Waals surface area contributed by atoms with Gasteiger partial charge in [0.2, 0.25) is 0 Å². The molecule has 0 amide bonds. The van der Waals surface area contributed by atoms with Gasteiger partial charge in [-0.15, -0.1) is 0 Å². The van der Waals surface area contributed by atoms with Gasteiger partial charge in [-0.2, -0.15) is 0 Å². The van der Waals surface area contributed by atoms with Gasteiger partial charge in [0.05, 0.1) is 5.41 Å². The van der Waals surface area contributed by atoms with Crippen LogP contribution < -0.4 is 5.46 Å². The molecule has 0 bridgehead atoms. The van der Waals surface area contributed by atoms with Crippen molar-refractivity contribution >= 4 is 12.6 Å². The number of fused-ring (bicyclic) bond motifs is 3. The molecule has 0 atom stereocenters. The molecule has 2 N–H and O–H groups in total. The van der Waals surface area contributed by atoms with Crippen molar-refractivity contribution in [2.45, 2.75) is 5.41 Å². The Kier molecular flexibility index (Phi) is 8.91. The number of hydrogen-bond acceptors (Lipinski definition) is 5. The predicted molar refractivity (Wildman–Crippen MR) is 234 cm³/mol. The zero-order valence-electron chi connectivity index (χ0n) is 31.4. The highest BCUT2D eigenvalue weighted by molar-refractivity contribution is 6.58. The van der Waals surface area contributed by atoms with E-state index >= 15 is 0 Å². The van der Waals surface area contributed by atoms with E-state index in [9.17, 15) is 10.0 Å². The van der Waals surface area contributed by atoms with Gasteiger partial charge in [0.15, 0.2) is 17.5 Å². The minimum absolute atomic E-state index is 0.447. The second-order valence-corrected chi connectivity index (χ2v) is 14.6. The number of hydrogen-bond donors (Lipinski definition) is 2. The maximum Gasteiger partial charge on any atom is 0.488 e. The molecule has 6 heteroatoms. The summed E-state index contributed by atoms with van der Waals surface area (Å²) in [6.07, 6.45) is 0. The molecule has 0 saturated heterocycles. The fraction of sp³-hybridized carbons (Fsp3) is 0.0192. The molecule has 1 heterocycles. The molecule has 0 spiro atoms. The zero-order chi connectivity index (χ0) is 39.1. The van der Waals surface area contributed by atoms with E-state index < -0.39 is 12.5 Å². The lowest BCUT2D eigenvalue weighted by atomic mass is 9.67. The third kappa shape index (κ3) is 6.12. The van der Waals surface area contributed by atoms with Crippen LogP contribution in [0.15, 0.2) is 206 Å². The van der Waals surface area contributed by atoms with Gasteiger partial charge in [0, 0.05) is 16.7 Å². The summed E-state index contributed by atoms with van der Waals surface area (Å²) in [5, 5.41) is 19.2. The normalized spacial score (nSPS) is 12.4. The standard InChI is InChI=1S/C52H36BN3O2/c57-53(58)44-31-28-38(29-32-44)37-22-26-40(27-23-37)50-54-49(39-24-20-36(21-25-39)35-12-4-1-5-13-35)55-51(56-50)41-30-33-46-45-18-10-11-19-47(45)52(48(46)34-41,42-14-6-2-7-15-42)43-16-8-3-9-17-43/h1-34,57-58H. The van der Waals surface area contributed by atoms with Crippen LogP contribution in [0.3, 0.4) is 0 Å². The molecule has 0 unspecified atom stereocenters. The van der Waals surface area contributed by atoms with E-state index in [4.69, 9.17) is 15.0 Å². The first-order chi connectivity index (χ1) is 28.6. The smallest absolute Gasteiger partial charge is 0.423 e. The number of rotatable bonds is 8. The largest absolute Gasteiger partial charge is 0.488 e. The highest BCUT2D eigenvalue weighted by Crippen LogP contribution is 2.56. The maximum atomic E-state index is 9.58. The van der Waals surface area contributed by atoms with Gasteiger partial charge in [-0.1, -0.05) is 200 Å². The van der Waals surface area contributed by atoms with E-state index in [0.717, 1.165) is 38.9 Å². The van der Waals surface area contributed by atoms with Gasteiger partial charge in [0.1, 0.15) is 0 Å². The first-order valence-corrected chi connectivity index (χ1v) is 19.4. The summed E-state index contributed by atoms with van der Waals surface area (Å²) in [4.78, 5) is 15.5. The molecule has 274 valence electrons. The monoisotopic (exact) mass is 745 g/mol. The Balaban J connectivity index is 1.13. The SMILES string of the molecule is OB(O)c1ccc(-c2ccc(-c3nc(-c4ccc(-c5ccccc5)cc4)nc(-c4ccc5c(c4)C(c4ccccc4)(c4ccccc4)c4ccccc4-5)n3)cc2)cc1. The van der Waals surface area contributed by atoms with Crippen LogP contribution in [0.5, 0.6) is 0 Å².